The van der Waals surface area contributed by atoms with E-state index in [1.807, 2.05) is 17.0 Å². The molecular formula is C30H42N2O6. The molecule has 6 rings (SSSR count). The lowest BCUT2D eigenvalue weighted by atomic mass is 9.66. The highest BCUT2D eigenvalue weighted by Gasteiger charge is 2.56. The van der Waals surface area contributed by atoms with Gasteiger partial charge in [0.1, 0.15) is 5.75 Å². The first-order valence-corrected chi connectivity index (χ1v) is 14.7. The number of hydrogen-bond donors (Lipinski definition) is 1. The van der Waals surface area contributed by atoms with Crippen LogP contribution in [0, 0.1) is 17.8 Å². The van der Waals surface area contributed by atoms with Gasteiger partial charge in [0.15, 0.2) is 0 Å². The SMILES string of the molecule is C[C@@]1(C2CC3CCCC(C3)C2)OO[C@]2(CC[C@@H](c3ccc(OCCCN4CC(=O)NC(=O)C4)cc3)CC2)O1. The Kier molecular flexibility index (Phi) is 7.51. The molecule has 1 spiro atoms. The van der Waals surface area contributed by atoms with Gasteiger partial charge in [-0.1, -0.05) is 31.4 Å². The maximum atomic E-state index is 11.5. The molecule has 1 N–H and O–H groups in total. The predicted octanol–water partition coefficient (Wildman–Crippen LogP) is 4.68. The Hall–Kier alpha value is -2.00. The number of rotatable bonds is 7. The van der Waals surface area contributed by atoms with Crippen LogP contribution >= 0.6 is 0 Å². The van der Waals surface area contributed by atoms with Crippen LogP contribution in [-0.2, 0) is 24.1 Å². The number of hydrogen-bond acceptors (Lipinski definition) is 7. The molecular weight excluding hydrogens is 484 g/mol. The van der Waals surface area contributed by atoms with Crippen LogP contribution in [0.2, 0.25) is 0 Å². The van der Waals surface area contributed by atoms with Gasteiger partial charge in [-0.05, 0) is 80.9 Å². The first kappa shape index (κ1) is 26.2. The molecule has 3 atom stereocenters. The van der Waals surface area contributed by atoms with E-state index in [-0.39, 0.29) is 24.9 Å². The van der Waals surface area contributed by atoms with E-state index in [1.54, 1.807) is 0 Å². The van der Waals surface area contributed by atoms with Crippen molar-refractivity contribution in [1.82, 2.24) is 10.2 Å². The highest BCUT2D eigenvalue weighted by molar-refractivity contribution is 5.99. The third-order valence-electron chi connectivity index (χ3n) is 9.62. The van der Waals surface area contributed by atoms with Gasteiger partial charge in [-0.3, -0.25) is 19.8 Å². The molecule has 5 fully saturated rings. The molecule has 5 aliphatic rings. The van der Waals surface area contributed by atoms with Gasteiger partial charge in [-0.25, -0.2) is 0 Å². The quantitative estimate of drug-likeness (QED) is 0.314. The molecule has 8 nitrogen and oxygen atoms in total. The van der Waals surface area contributed by atoms with Crippen molar-refractivity contribution in [2.24, 2.45) is 17.8 Å². The highest BCUT2D eigenvalue weighted by atomic mass is 17.3. The van der Waals surface area contributed by atoms with E-state index in [9.17, 15) is 9.59 Å². The third kappa shape index (κ3) is 5.79. The molecule has 2 aliphatic heterocycles. The number of nitrogens with zero attached hydrogens (tertiary/aromatic N) is 1. The smallest absolute Gasteiger partial charge is 0.240 e. The van der Waals surface area contributed by atoms with E-state index >= 15 is 0 Å². The van der Waals surface area contributed by atoms with Gasteiger partial charge in [-0.2, -0.15) is 9.78 Å². The topological polar surface area (TPSA) is 86.3 Å². The number of benzene rings is 1. The van der Waals surface area contributed by atoms with E-state index in [1.165, 1.54) is 44.1 Å². The van der Waals surface area contributed by atoms with Gasteiger partial charge >= 0.3 is 0 Å². The molecule has 0 radical (unpaired) electrons. The minimum Gasteiger partial charge on any atom is -0.494 e. The van der Waals surface area contributed by atoms with Crippen LogP contribution < -0.4 is 10.1 Å². The summed E-state index contributed by atoms with van der Waals surface area (Å²) in [5.74, 6) is 1.74. The molecule has 2 bridgehead atoms. The summed E-state index contributed by atoms with van der Waals surface area (Å²) < 4.78 is 12.6. The van der Waals surface area contributed by atoms with Gasteiger partial charge in [0.05, 0.1) is 19.7 Å². The second kappa shape index (κ2) is 10.9. The number of carbonyl (C=O) groups excluding carboxylic acids is 2. The Bertz CT molecular complexity index is 979. The zero-order chi connectivity index (χ0) is 26.2. The van der Waals surface area contributed by atoms with Crippen molar-refractivity contribution < 1.29 is 28.8 Å². The van der Waals surface area contributed by atoms with Crippen molar-refractivity contribution in [2.45, 2.75) is 95.0 Å². The van der Waals surface area contributed by atoms with E-state index in [4.69, 9.17) is 19.2 Å². The minimum atomic E-state index is -0.615. The molecule has 2 saturated heterocycles. The zero-order valence-electron chi connectivity index (χ0n) is 22.6. The fourth-order valence-corrected chi connectivity index (χ4v) is 7.62. The Morgan fingerprint density at radius 3 is 2.32 bits per heavy atom. The summed E-state index contributed by atoms with van der Waals surface area (Å²) in [6.45, 7) is 3.86. The minimum absolute atomic E-state index is 0.231. The Labute approximate surface area is 225 Å². The van der Waals surface area contributed by atoms with E-state index in [2.05, 4.69) is 24.4 Å². The molecule has 0 aromatic heterocycles. The molecule has 1 aromatic rings. The monoisotopic (exact) mass is 526 g/mol. The third-order valence-corrected chi connectivity index (χ3v) is 9.62. The normalized spacial score (nSPS) is 37.8. The van der Waals surface area contributed by atoms with Crippen molar-refractivity contribution in [2.75, 3.05) is 26.2 Å². The molecule has 2 heterocycles. The summed E-state index contributed by atoms with van der Waals surface area (Å²) in [5.41, 5.74) is 1.33. The van der Waals surface area contributed by atoms with E-state index in [0.717, 1.165) is 49.7 Å². The summed E-state index contributed by atoms with van der Waals surface area (Å²) in [7, 11) is 0. The van der Waals surface area contributed by atoms with Crippen LogP contribution in [-0.4, -0.2) is 54.5 Å². The standard InChI is InChI=1S/C30H42N2O6/c1-29(25-17-21-4-2-5-22(16-21)18-25)36-30(38-37-29)12-10-24(11-13-30)23-6-8-26(9-7-23)35-15-3-14-32-19-27(33)31-28(34)20-32/h6-9,21-22,24-25H,2-5,10-20H2,1H3,(H,31,33,34)/t21?,22?,24-,25?,29-,30+/m0/s1. The van der Waals surface area contributed by atoms with Gasteiger partial charge in [-0.15, -0.1) is 0 Å². The molecule has 38 heavy (non-hydrogen) atoms. The largest absolute Gasteiger partial charge is 0.494 e. The maximum Gasteiger partial charge on any atom is 0.240 e. The fraction of sp³-hybridized carbons (Fsp3) is 0.733. The number of carbonyl (C=O) groups is 2. The Morgan fingerprint density at radius 1 is 0.947 bits per heavy atom. The van der Waals surface area contributed by atoms with Crippen LogP contribution in [0.4, 0.5) is 0 Å². The molecule has 1 aromatic carbocycles. The lowest BCUT2D eigenvalue weighted by molar-refractivity contribution is -0.361. The molecule has 2 unspecified atom stereocenters. The summed E-state index contributed by atoms with van der Waals surface area (Å²) in [4.78, 5) is 36.8. The first-order chi connectivity index (χ1) is 18.4. The van der Waals surface area contributed by atoms with Crippen LogP contribution in [0.5, 0.6) is 5.75 Å². The van der Waals surface area contributed by atoms with Crippen LogP contribution in [0.15, 0.2) is 24.3 Å². The second-order valence-corrected chi connectivity index (χ2v) is 12.5. The maximum absolute atomic E-state index is 11.5. The van der Waals surface area contributed by atoms with Gasteiger partial charge in [0.25, 0.3) is 0 Å². The van der Waals surface area contributed by atoms with Gasteiger partial charge in [0, 0.05) is 25.3 Å². The van der Waals surface area contributed by atoms with Gasteiger partial charge < -0.3 is 9.47 Å². The van der Waals surface area contributed by atoms with Crippen molar-refractivity contribution in [1.29, 1.82) is 0 Å². The lowest BCUT2D eigenvalue weighted by Crippen LogP contribution is -2.51. The average molecular weight is 527 g/mol. The van der Waals surface area contributed by atoms with Crippen LogP contribution in [0.3, 0.4) is 0 Å². The first-order valence-electron chi connectivity index (χ1n) is 14.7. The zero-order valence-corrected chi connectivity index (χ0v) is 22.6. The molecule has 3 aliphatic carbocycles. The van der Waals surface area contributed by atoms with Crippen molar-refractivity contribution in [3.8, 4) is 5.75 Å². The summed E-state index contributed by atoms with van der Waals surface area (Å²) in [6, 6.07) is 8.42. The number of nitrogens with one attached hydrogen (secondary N) is 1. The average Bonchev–Trinajstić information content (AvgIpc) is 3.24. The Morgan fingerprint density at radius 2 is 1.63 bits per heavy atom. The van der Waals surface area contributed by atoms with Crippen molar-refractivity contribution in [3.63, 3.8) is 0 Å². The summed E-state index contributed by atoms with van der Waals surface area (Å²) >= 11 is 0. The number of amides is 2. The highest BCUT2D eigenvalue weighted by Crippen LogP contribution is 2.53. The van der Waals surface area contributed by atoms with E-state index in [0.29, 0.717) is 25.0 Å². The number of piperazine rings is 1. The van der Waals surface area contributed by atoms with Crippen molar-refractivity contribution >= 4 is 11.8 Å². The van der Waals surface area contributed by atoms with Crippen LogP contribution in [0.25, 0.3) is 0 Å². The molecule has 3 saturated carbocycles. The summed E-state index contributed by atoms with van der Waals surface area (Å²) in [5, 5.41) is 2.32. The van der Waals surface area contributed by atoms with Crippen LogP contribution in [0.1, 0.15) is 89.0 Å². The second-order valence-electron chi connectivity index (χ2n) is 12.5. The number of fused-ring (bicyclic) bond motifs is 2. The van der Waals surface area contributed by atoms with E-state index < -0.39 is 11.6 Å². The Balaban J connectivity index is 0.951. The van der Waals surface area contributed by atoms with Crippen molar-refractivity contribution in [3.05, 3.63) is 29.8 Å². The molecule has 2 amide bonds. The molecule has 8 heteroatoms. The number of imide groups is 1. The fourth-order valence-electron chi connectivity index (χ4n) is 7.62. The lowest BCUT2D eigenvalue weighted by Gasteiger charge is -2.44. The molecule has 208 valence electrons. The predicted molar refractivity (Wildman–Crippen MR) is 140 cm³/mol. The van der Waals surface area contributed by atoms with Gasteiger partial charge in [0.2, 0.25) is 23.4 Å². The number of ether oxygens (including phenoxy) is 2. The summed E-state index contributed by atoms with van der Waals surface area (Å²) in [6.07, 6.45) is 12.4.